The first-order valence-corrected chi connectivity index (χ1v) is 6.16. The molecule has 0 heterocycles. The second kappa shape index (κ2) is 5.69. The Bertz CT molecular complexity index is 522. The summed E-state index contributed by atoms with van der Waals surface area (Å²) in [6.07, 6.45) is -1.000. The Kier molecular flexibility index (Phi) is 3.99. The Labute approximate surface area is 113 Å². The summed E-state index contributed by atoms with van der Waals surface area (Å²) in [4.78, 5) is 11.3. The topological polar surface area (TPSA) is 46.5 Å². The van der Waals surface area contributed by atoms with Gasteiger partial charge in [0.05, 0.1) is 0 Å². The summed E-state index contributed by atoms with van der Waals surface area (Å²) in [7, 11) is 0. The molecule has 4 heteroatoms. The van der Waals surface area contributed by atoms with Gasteiger partial charge in [-0.2, -0.15) is 0 Å². The van der Waals surface area contributed by atoms with Gasteiger partial charge in [0.1, 0.15) is 5.75 Å². The van der Waals surface area contributed by atoms with Crippen LogP contribution in [0.2, 0.25) is 0 Å². The lowest BCUT2D eigenvalue weighted by Gasteiger charge is -2.15. The molecule has 1 N–H and O–H groups in total. The third-order valence-electron chi connectivity index (χ3n) is 2.39. The maximum absolute atomic E-state index is 11.3. The minimum atomic E-state index is -1.01. The Morgan fingerprint density at radius 3 is 2.22 bits per heavy atom. The number of halogens is 1. The van der Waals surface area contributed by atoms with Crippen molar-refractivity contribution >= 4 is 21.9 Å². The molecule has 0 aliphatic rings. The molecule has 0 radical (unpaired) electrons. The maximum atomic E-state index is 11.3. The molecule has 0 aromatic heterocycles. The van der Waals surface area contributed by atoms with Gasteiger partial charge in [0.2, 0.25) is 6.10 Å². The van der Waals surface area contributed by atoms with E-state index < -0.39 is 12.1 Å². The van der Waals surface area contributed by atoms with Crippen LogP contribution in [0.1, 0.15) is 11.7 Å². The molecule has 2 aromatic rings. The van der Waals surface area contributed by atoms with E-state index in [-0.39, 0.29) is 0 Å². The van der Waals surface area contributed by atoms with Crippen LogP contribution in [0.3, 0.4) is 0 Å². The Balaban J connectivity index is 2.24. The van der Waals surface area contributed by atoms with Crippen molar-refractivity contribution < 1.29 is 14.6 Å². The highest BCUT2D eigenvalue weighted by Gasteiger charge is 2.21. The molecule has 0 saturated carbocycles. The molecule has 3 nitrogen and oxygen atoms in total. The summed E-state index contributed by atoms with van der Waals surface area (Å²) in [5.74, 6) is -0.478. The fourth-order valence-corrected chi connectivity index (χ4v) is 1.80. The van der Waals surface area contributed by atoms with Gasteiger partial charge in [-0.3, -0.25) is 0 Å². The standard InChI is InChI=1S/C14H11BrO3/c15-11-8-6-10(7-9-11)13(14(16)17)18-12-4-2-1-3-5-12/h1-9,13H,(H,16,17). The molecule has 0 amide bonds. The Morgan fingerprint density at radius 1 is 1.06 bits per heavy atom. The number of aliphatic carboxylic acids is 1. The van der Waals surface area contributed by atoms with E-state index in [1.807, 2.05) is 6.07 Å². The van der Waals surface area contributed by atoms with Crippen LogP contribution in [0.5, 0.6) is 5.75 Å². The van der Waals surface area contributed by atoms with Crippen molar-refractivity contribution in [1.82, 2.24) is 0 Å². The predicted molar refractivity (Wildman–Crippen MR) is 71.6 cm³/mol. The number of benzene rings is 2. The van der Waals surface area contributed by atoms with Crippen molar-refractivity contribution in [3.63, 3.8) is 0 Å². The van der Waals surface area contributed by atoms with Crippen molar-refractivity contribution in [2.45, 2.75) is 6.10 Å². The van der Waals surface area contributed by atoms with Crippen molar-refractivity contribution in [2.75, 3.05) is 0 Å². The van der Waals surface area contributed by atoms with Crippen LogP contribution in [0, 0.1) is 0 Å². The van der Waals surface area contributed by atoms with E-state index in [0.29, 0.717) is 11.3 Å². The van der Waals surface area contributed by atoms with E-state index in [1.54, 1.807) is 48.5 Å². The minimum Gasteiger partial charge on any atom is -0.478 e. The number of hydrogen-bond donors (Lipinski definition) is 1. The molecule has 0 fully saturated rings. The lowest BCUT2D eigenvalue weighted by atomic mass is 10.1. The summed E-state index contributed by atoms with van der Waals surface area (Å²) in [6.45, 7) is 0. The number of para-hydroxylation sites is 1. The van der Waals surface area contributed by atoms with Crippen molar-refractivity contribution in [1.29, 1.82) is 0 Å². The maximum Gasteiger partial charge on any atom is 0.349 e. The van der Waals surface area contributed by atoms with Gasteiger partial charge < -0.3 is 9.84 Å². The Morgan fingerprint density at radius 2 is 1.67 bits per heavy atom. The number of hydrogen-bond acceptors (Lipinski definition) is 2. The third kappa shape index (κ3) is 3.11. The van der Waals surface area contributed by atoms with Crippen molar-refractivity contribution in [2.24, 2.45) is 0 Å². The van der Waals surface area contributed by atoms with E-state index in [9.17, 15) is 9.90 Å². The van der Waals surface area contributed by atoms with Crippen LogP contribution in [0.15, 0.2) is 59.1 Å². The van der Waals surface area contributed by atoms with E-state index >= 15 is 0 Å². The largest absolute Gasteiger partial charge is 0.478 e. The third-order valence-corrected chi connectivity index (χ3v) is 2.92. The lowest BCUT2D eigenvalue weighted by molar-refractivity contribution is -0.145. The van der Waals surface area contributed by atoms with E-state index in [0.717, 1.165) is 4.47 Å². The fraction of sp³-hybridized carbons (Fsp3) is 0.0714. The van der Waals surface area contributed by atoms with Gasteiger partial charge in [-0.05, 0) is 24.3 Å². The molecule has 0 bridgehead atoms. The zero-order valence-electron chi connectivity index (χ0n) is 9.42. The zero-order chi connectivity index (χ0) is 13.0. The average molecular weight is 307 g/mol. The summed E-state index contributed by atoms with van der Waals surface area (Å²) >= 11 is 3.31. The summed E-state index contributed by atoms with van der Waals surface area (Å²) in [5.41, 5.74) is 0.606. The summed E-state index contributed by atoms with van der Waals surface area (Å²) in [5, 5.41) is 9.22. The monoisotopic (exact) mass is 306 g/mol. The van der Waals surface area contributed by atoms with Crippen LogP contribution in [0.4, 0.5) is 0 Å². The van der Waals surface area contributed by atoms with Crippen LogP contribution >= 0.6 is 15.9 Å². The van der Waals surface area contributed by atoms with Gasteiger partial charge in [-0.25, -0.2) is 4.79 Å². The van der Waals surface area contributed by atoms with E-state index in [2.05, 4.69) is 15.9 Å². The molecule has 1 unspecified atom stereocenters. The Hall–Kier alpha value is -1.81. The van der Waals surface area contributed by atoms with E-state index in [1.165, 1.54) is 0 Å². The molecular weight excluding hydrogens is 296 g/mol. The molecule has 0 aliphatic heterocycles. The molecule has 2 rings (SSSR count). The normalized spacial score (nSPS) is 11.8. The average Bonchev–Trinajstić information content (AvgIpc) is 2.38. The first-order chi connectivity index (χ1) is 8.66. The first-order valence-electron chi connectivity index (χ1n) is 5.37. The number of carbonyl (C=O) groups is 1. The molecular formula is C14H11BrO3. The van der Waals surface area contributed by atoms with Gasteiger partial charge >= 0.3 is 5.97 Å². The molecule has 0 saturated heterocycles. The molecule has 18 heavy (non-hydrogen) atoms. The van der Waals surface area contributed by atoms with Crippen molar-refractivity contribution in [3.05, 3.63) is 64.6 Å². The molecule has 1 atom stereocenters. The smallest absolute Gasteiger partial charge is 0.349 e. The highest BCUT2D eigenvalue weighted by Crippen LogP contribution is 2.23. The SMILES string of the molecule is O=C(O)C(Oc1ccccc1)c1ccc(Br)cc1. The van der Waals surface area contributed by atoms with Gasteiger partial charge in [0, 0.05) is 10.0 Å². The second-order valence-corrected chi connectivity index (χ2v) is 4.62. The summed E-state index contributed by atoms with van der Waals surface area (Å²) < 4.78 is 6.39. The number of carboxylic acid groups (broad SMARTS) is 1. The van der Waals surface area contributed by atoms with Gasteiger partial charge in [0.15, 0.2) is 0 Å². The highest BCUT2D eigenvalue weighted by atomic mass is 79.9. The first kappa shape index (κ1) is 12.6. The minimum absolute atomic E-state index is 0.535. The fourth-order valence-electron chi connectivity index (χ4n) is 1.53. The van der Waals surface area contributed by atoms with Gasteiger partial charge in [-0.1, -0.05) is 46.3 Å². The van der Waals surface area contributed by atoms with Crippen molar-refractivity contribution in [3.8, 4) is 5.75 Å². The van der Waals surface area contributed by atoms with Crippen LogP contribution < -0.4 is 4.74 Å². The zero-order valence-corrected chi connectivity index (χ0v) is 11.0. The molecule has 0 spiro atoms. The summed E-state index contributed by atoms with van der Waals surface area (Å²) in [6, 6.07) is 16.0. The number of ether oxygens (including phenoxy) is 1. The molecule has 2 aromatic carbocycles. The van der Waals surface area contributed by atoms with Gasteiger partial charge in [-0.15, -0.1) is 0 Å². The van der Waals surface area contributed by atoms with Crippen LogP contribution in [-0.2, 0) is 4.79 Å². The highest BCUT2D eigenvalue weighted by molar-refractivity contribution is 9.10. The molecule has 0 aliphatic carbocycles. The van der Waals surface area contributed by atoms with E-state index in [4.69, 9.17) is 4.74 Å². The van der Waals surface area contributed by atoms with Crippen LogP contribution in [0.25, 0.3) is 0 Å². The predicted octanol–water partition coefficient (Wildman–Crippen LogP) is 3.65. The quantitative estimate of drug-likeness (QED) is 0.938. The lowest BCUT2D eigenvalue weighted by Crippen LogP contribution is -2.18. The van der Waals surface area contributed by atoms with Gasteiger partial charge in [0.25, 0.3) is 0 Å². The second-order valence-electron chi connectivity index (χ2n) is 3.70. The van der Waals surface area contributed by atoms with Crippen LogP contribution in [-0.4, -0.2) is 11.1 Å². The molecule has 92 valence electrons. The number of carboxylic acids is 1. The number of rotatable bonds is 4.